The van der Waals surface area contributed by atoms with Gasteiger partial charge in [0, 0.05) is 38.2 Å². The number of carbonyl (C=O) groups is 2. The molecule has 2 fully saturated rings. The quantitative estimate of drug-likeness (QED) is 0.496. The van der Waals surface area contributed by atoms with Crippen LogP contribution in [0.2, 0.25) is 0 Å². The fourth-order valence-electron chi connectivity index (χ4n) is 5.74. The zero-order valence-electron chi connectivity index (χ0n) is 23.3. The summed E-state index contributed by atoms with van der Waals surface area (Å²) in [5.41, 5.74) is 4.21. The summed E-state index contributed by atoms with van der Waals surface area (Å²) in [6.45, 7) is 7.91. The zero-order chi connectivity index (χ0) is 28.4. The summed E-state index contributed by atoms with van der Waals surface area (Å²) in [6, 6.07) is 12.8. The maximum atomic E-state index is 14.8. The van der Waals surface area contributed by atoms with Crippen LogP contribution >= 0.6 is 0 Å². The number of H-pyrrole nitrogens is 1. The van der Waals surface area contributed by atoms with Gasteiger partial charge in [-0.1, -0.05) is 35.9 Å². The van der Waals surface area contributed by atoms with Crippen molar-refractivity contribution in [3.05, 3.63) is 97.7 Å². The molecule has 3 heterocycles. The lowest BCUT2D eigenvalue weighted by molar-refractivity contribution is -0.139. The van der Waals surface area contributed by atoms with Crippen molar-refractivity contribution in [3.8, 4) is 0 Å². The molecule has 2 saturated heterocycles. The molecule has 2 aliphatic heterocycles. The number of hydrogen-bond acceptors (Lipinski definition) is 5. The van der Waals surface area contributed by atoms with E-state index in [4.69, 9.17) is 0 Å². The van der Waals surface area contributed by atoms with Crippen LogP contribution in [0, 0.1) is 26.6 Å². The minimum absolute atomic E-state index is 0.00405. The first-order chi connectivity index (χ1) is 19.2. The number of carbonyl (C=O) groups excluding carboxylic acids is 2. The molecule has 0 radical (unpaired) electrons. The van der Waals surface area contributed by atoms with Gasteiger partial charge in [-0.05, 0) is 75.4 Å². The standard InChI is InChI=1S/C31H36FN5O3/c1-20-5-7-23(8-6-20)19-31(11-4-12-33-31)30(40)37-15-13-36(14-16-37)29(39)25-17-24(9-10-26(25)32)18-27-21(2)22(3)28(38)35-34-27/h5-10,17,33H,4,11-16,18-19H2,1-3H3,(H,35,38). The smallest absolute Gasteiger partial charge is 0.267 e. The van der Waals surface area contributed by atoms with Gasteiger partial charge in [-0.25, -0.2) is 9.49 Å². The normalized spacial score (nSPS) is 19.2. The van der Waals surface area contributed by atoms with E-state index in [9.17, 15) is 18.8 Å². The van der Waals surface area contributed by atoms with Gasteiger partial charge in [0.15, 0.2) is 0 Å². The molecule has 8 nitrogen and oxygen atoms in total. The number of nitrogens with one attached hydrogen (secondary N) is 2. The lowest BCUT2D eigenvalue weighted by Gasteiger charge is -2.40. The summed E-state index contributed by atoms with van der Waals surface area (Å²) in [5.74, 6) is -0.895. The Labute approximate surface area is 233 Å². The molecule has 2 aromatic carbocycles. The minimum Gasteiger partial charge on any atom is -0.338 e. The third-order valence-electron chi connectivity index (χ3n) is 8.39. The Hall–Kier alpha value is -3.85. The van der Waals surface area contributed by atoms with Gasteiger partial charge in [0.1, 0.15) is 11.4 Å². The average Bonchev–Trinajstić information content (AvgIpc) is 3.44. The van der Waals surface area contributed by atoms with E-state index in [-0.39, 0.29) is 22.9 Å². The number of nitrogens with zero attached hydrogens (tertiary/aromatic N) is 3. The molecule has 0 spiro atoms. The second-order valence-corrected chi connectivity index (χ2v) is 11.1. The van der Waals surface area contributed by atoms with Gasteiger partial charge in [-0.15, -0.1) is 0 Å². The molecule has 1 atom stereocenters. The van der Waals surface area contributed by atoms with E-state index in [0.29, 0.717) is 50.3 Å². The lowest BCUT2D eigenvalue weighted by atomic mass is 9.87. The van der Waals surface area contributed by atoms with Gasteiger partial charge in [0.05, 0.1) is 11.3 Å². The Morgan fingerprint density at radius 3 is 2.30 bits per heavy atom. The fraction of sp³-hybridized carbons (Fsp3) is 0.419. The molecular weight excluding hydrogens is 509 g/mol. The van der Waals surface area contributed by atoms with Crippen molar-refractivity contribution < 1.29 is 14.0 Å². The third-order valence-corrected chi connectivity index (χ3v) is 8.39. The minimum atomic E-state index is -0.631. The molecule has 2 amide bonds. The maximum Gasteiger partial charge on any atom is 0.267 e. The number of benzene rings is 2. The van der Waals surface area contributed by atoms with Crippen molar-refractivity contribution >= 4 is 11.8 Å². The highest BCUT2D eigenvalue weighted by Gasteiger charge is 2.44. The summed E-state index contributed by atoms with van der Waals surface area (Å²) in [7, 11) is 0. The molecule has 40 heavy (non-hydrogen) atoms. The Morgan fingerprint density at radius 2 is 1.62 bits per heavy atom. The molecule has 2 aliphatic rings. The first-order valence-corrected chi connectivity index (χ1v) is 13.9. The predicted molar refractivity (Wildman–Crippen MR) is 151 cm³/mol. The zero-order valence-corrected chi connectivity index (χ0v) is 23.3. The van der Waals surface area contributed by atoms with Crippen molar-refractivity contribution in [3.63, 3.8) is 0 Å². The fourth-order valence-corrected chi connectivity index (χ4v) is 5.74. The number of aryl methyl sites for hydroxylation is 1. The van der Waals surface area contributed by atoms with Crippen molar-refractivity contribution in [1.82, 2.24) is 25.3 Å². The summed E-state index contributed by atoms with van der Waals surface area (Å²) in [5, 5.41) is 10.1. The monoisotopic (exact) mass is 545 g/mol. The highest BCUT2D eigenvalue weighted by Crippen LogP contribution is 2.28. The van der Waals surface area contributed by atoms with E-state index >= 15 is 0 Å². The van der Waals surface area contributed by atoms with Crippen LogP contribution in [-0.2, 0) is 17.6 Å². The van der Waals surface area contributed by atoms with Gasteiger partial charge in [-0.2, -0.15) is 5.10 Å². The number of hydrogen-bond donors (Lipinski definition) is 2. The van der Waals surface area contributed by atoms with E-state index in [1.165, 1.54) is 11.6 Å². The molecule has 0 bridgehead atoms. The molecule has 1 aromatic heterocycles. The van der Waals surface area contributed by atoms with E-state index in [0.717, 1.165) is 36.1 Å². The van der Waals surface area contributed by atoms with Crippen LogP contribution in [0.1, 0.15) is 56.7 Å². The maximum absolute atomic E-state index is 14.8. The lowest BCUT2D eigenvalue weighted by Crippen LogP contribution is -2.60. The van der Waals surface area contributed by atoms with E-state index in [2.05, 4.69) is 39.8 Å². The molecule has 0 aliphatic carbocycles. The van der Waals surface area contributed by atoms with Crippen LogP contribution in [0.3, 0.4) is 0 Å². The second kappa shape index (κ2) is 11.3. The number of aromatic amines is 1. The van der Waals surface area contributed by atoms with Gasteiger partial charge in [0.2, 0.25) is 5.91 Å². The second-order valence-electron chi connectivity index (χ2n) is 11.1. The Morgan fingerprint density at radius 1 is 0.950 bits per heavy atom. The molecule has 1 unspecified atom stereocenters. The molecule has 0 saturated carbocycles. The summed E-state index contributed by atoms with van der Waals surface area (Å²) >= 11 is 0. The summed E-state index contributed by atoms with van der Waals surface area (Å²) < 4.78 is 14.8. The van der Waals surface area contributed by atoms with Gasteiger partial charge in [-0.3, -0.25) is 14.4 Å². The van der Waals surface area contributed by atoms with Gasteiger partial charge >= 0.3 is 0 Å². The topological polar surface area (TPSA) is 98.4 Å². The number of aromatic nitrogens is 2. The third kappa shape index (κ3) is 5.56. The van der Waals surface area contributed by atoms with Crippen molar-refractivity contribution in [1.29, 1.82) is 0 Å². The van der Waals surface area contributed by atoms with E-state index in [1.807, 2.05) is 18.7 Å². The van der Waals surface area contributed by atoms with Crippen LogP contribution in [0.25, 0.3) is 0 Å². The van der Waals surface area contributed by atoms with E-state index in [1.54, 1.807) is 24.0 Å². The number of rotatable bonds is 6. The number of amides is 2. The number of halogens is 1. The van der Waals surface area contributed by atoms with Crippen LogP contribution < -0.4 is 10.9 Å². The van der Waals surface area contributed by atoms with Gasteiger partial charge < -0.3 is 15.1 Å². The van der Waals surface area contributed by atoms with E-state index < -0.39 is 11.4 Å². The average molecular weight is 546 g/mol. The van der Waals surface area contributed by atoms with Crippen LogP contribution in [-0.4, -0.2) is 70.1 Å². The molecule has 210 valence electrons. The molecule has 2 N–H and O–H groups in total. The number of piperazine rings is 1. The highest BCUT2D eigenvalue weighted by atomic mass is 19.1. The molecule has 3 aromatic rings. The van der Waals surface area contributed by atoms with Crippen molar-refractivity contribution in [2.75, 3.05) is 32.7 Å². The first-order valence-electron chi connectivity index (χ1n) is 13.9. The first kappa shape index (κ1) is 27.7. The largest absolute Gasteiger partial charge is 0.338 e. The van der Waals surface area contributed by atoms with Gasteiger partial charge in [0.25, 0.3) is 11.5 Å². The van der Waals surface area contributed by atoms with Crippen molar-refractivity contribution in [2.45, 2.75) is 52.0 Å². The SMILES string of the molecule is Cc1ccc(CC2(C(=O)N3CCN(C(=O)c4cc(Cc5n[nH]c(=O)c(C)c5C)ccc4F)CC3)CCCN2)cc1. The van der Waals surface area contributed by atoms with Crippen molar-refractivity contribution in [2.24, 2.45) is 0 Å². The Balaban J connectivity index is 1.26. The van der Waals surface area contributed by atoms with Crippen LogP contribution in [0.4, 0.5) is 4.39 Å². The molecule has 9 heteroatoms. The Kier molecular flexibility index (Phi) is 7.85. The van der Waals surface area contributed by atoms with Crippen LogP contribution in [0.5, 0.6) is 0 Å². The molecule has 5 rings (SSSR count). The summed E-state index contributed by atoms with van der Waals surface area (Å²) in [6.07, 6.45) is 2.72. The van der Waals surface area contributed by atoms with Crippen LogP contribution in [0.15, 0.2) is 47.3 Å². The molecular formula is C31H36FN5O3. The predicted octanol–water partition coefficient (Wildman–Crippen LogP) is 3.07. The highest BCUT2D eigenvalue weighted by molar-refractivity contribution is 5.95. The summed E-state index contributed by atoms with van der Waals surface area (Å²) in [4.78, 5) is 42.4. The Bertz CT molecular complexity index is 1470.